The second kappa shape index (κ2) is 8.21. The minimum atomic E-state index is 0.577. The molecule has 90 valence electrons. The molecule has 0 aliphatic carbocycles. The second-order valence-corrected chi connectivity index (χ2v) is 5.16. The minimum absolute atomic E-state index is 0.577. The molecule has 0 unspecified atom stereocenters. The molecule has 0 aliphatic heterocycles. The number of hydrogen-bond donors (Lipinski definition) is 0. The first-order valence-electron chi connectivity index (χ1n) is 5.38. The molecule has 0 bridgehead atoms. The predicted octanol–water partition coefficient (Wildman–Crippen LogP) is 5.33. The number of ether oxygens (including phenoxy) is 1. The van der Waals surface area contributed by atoms with Crippen LogP contribution in [0.2, 0.25) is 10.0 Å². The van der Waals surface area contributed by atoms with Gasteiger partial charge in [0.05, 0.1) is 11.6 Å². The largest absolute Gasteiger partial charge is 0.492 e. The van der Waals surface area contributed by atoms with E-state index < -0.39 is 0 Å². The van der Waals surface area contributed by atoms with Crippen LogP contribution < -0.4 is 4.74 Å². The van der Waals surface area contributed by atoms with Crippen molar-refractivity contribution >= 4 is 39.1 Å². The maximum Gasteiger partial charge on any atom is 0.137 e. The summed E-state index contributed by atoms with van der Waals surface area (Å²) < 4.78 is 5.57. The van der Waals surface area contributed by atoms with E-state index in [0.29, 0.717) is 22.4 Å². The van der Waals surface area contributed by atoms with E-state index in [2.05, 4.69) is 15.9 Å². The predicted molar refractivity (Wildman–Crippen MR) is 74.2 cm³/mol. The molecule has 0 amide bonds. The normalized spacial score (nSPS) is 10.4. The fourth-order valence-corrected chi connectivity index (χ4v) is 2.18. The summed E-state index contributed by atoms with van der Waals surface area (Å²) in [7, 11) is 0. The number of hydrogen-bond acceptors (Lipinski definition) is 1. The lowest BCUT2D eigenvalue weighted by atomic mass is 10.2. The zero-order valence-electron chi connectivity index (χ0n) is 9.02. The van der Waals surface area contributed by atoms with Gasteiger partial charge in [0.15, 0.2) is 0 Å². The molecule has 1 aromatic rings. The van der Waals surface area contributed by atoms with Gasteiger partial charge in [-0.2, -0.15) is 0 Å². The van der Waals surface area contributed by atoms with Gasteiger partial charge in [-0.3, -0.25) is 0 Å². The number of alkyl halides is 1. The molecule has 0 saturated carbocycles. The first-order chi connectivity index (χ1) is 7.74. The van der Waals surface area contributed by atoms with E-state index in [-0.39, 0.29) is 0 Å². The van der Waals surface area contributed by atoms with Crippen molar-refractivity contribution in [1.82, 2.24) is 0 Å². The van der Waals surface area contributed by atoms with E-state index in [1.807, 2.05) is 6.07 Å². The highest BCUT2D eigenvalue weighted by molar-refractivity contribution is 9.09. The van der Waals surface area contributed by atoms with Crippen LogP contribution in [0.15, 0.2) is 18.2 Å². The summed E-state index contributed by atoms with van der Waals surface area (Å²) in [4.78, 5) is 0. The van der Waals surface area contributed by atoms with Gasteiger partial charge in [0.2, 0.25) is 0 Å². The molecule has 0 atom stereocenters. The van der Waals surface area contributed by atoms with E-state index in [0.717, 1.165) is 11.8 Å². The van der Waals surface area contributed by atoms with Crippen LogP contribution in [0.5, 0.6) is 5.75 Å². The highest BCUT2D eigenvalue weighted by Gasteiger charge is 2.01. The third-order valence-electron chi connectivity index (χ3n) is 2.18. The summed E-state index contributed by atoms with van der Waals surface area (Å²) in [5.74, 6) is 0.714. The monoisotopic (exact) mass is 324 g/mol. The van der Waals surface area contributed by atoms with Crippen molar-refractivity contribution in [2.45, 2.75) is 25.7 Å². The summed E-state index contributed by atoms with van der Waals surface area (Å²) in [6.07, 6.45) is 4.72. The molecule has 1 nitrogen and oxygen atoms in total. The average molecular weight is 326 g/mol. The molecular weight excluding hydrogens is 311 g/mol. The van der Waals surface area contributed by atoms with Crippen molar-refractivity contribution in [3.8, 4) is 5.75 Å². The van der Waals surface area contributed by atoms with Gasteiger partial charge in [0.25, 0.3) is 0 Å². The van der Waals surface area contributed by atoms with Gasteiger partial charge >= 0.3 is 0 Å². The van der Waals surface area contributed by atoms with Crippen molar-refractivity contribution in [2.24, 2.45) is 0 Å². The second-order valence-electron chi connectivity index (χ2n) is 3.53. The molecule has 4 heteroatoms. The van der Waals surface area contributed by atoms with Gasteiger partial charge in [-0.15, -0.1) is 0 Å². The Bertz CT molecular complexity index is 318. The number of benzene rings is 1. The summed E-state index contributed by atoms with van der Waals surface area (Å²) >= 11 is 15.2. The Kier molecular flexibility index (Phi) is 7.26. The standard InChI is InChI=1S/C12H15BrCl2O/c13-7-3-1-2-4-8-16-12-6-5-10(14)9-11(12)15/h5-6,9H,1-4,7-8H2. The first kappa shape index (κ1) is 14.1. The zero-order chi connectivity index (χ0) is 11.8. The molecule has 0 heterocycles. The summed E-state index contributed by atoms with van der Waals surface area (Å²) in [6, 6.07) is 5.29. The minimum Gasteiger partial charge on any atom is -0.492 e. The zero-order valence-corrected chi connectivity index (χ0v) is 12.1. The lowest BCUT2D eigenvalue weighted by molar-refractivity contribution is 0.305. The Balaban J connectivity index is 2.21. The molecule has 0 saturated heterocycles. The third kappa shape index (κ3) is 5.42. The molecule has 0 fully saturated rings. The number of unbranched alkanes of at least 4 members (excludes halogenated alkanes) is 3. The van der Waals surface area contributed by atoms with Crippen LogP contribution in [-0.4, -0.2) is 11.9 Å². The number of rotatable bonds is 7. The van der Waals surface area contributed by atoms with Crippen LogP contribution in [0.1, 0.15) is 25.7 Å². The first-order valence-corrected chi connectivity index (χ1v) is 7.25. The average Bonchev–Trinajstić information content (AvgIpc) is 2.26. The van der Waals surface area contributed by atoms with Crippen LogP contribution in [0, 0.1) is 0 Å². The lowest BCUT2D eigenvalue weighted by Gasteiger charge is -2.07. The number of halogens is 3. The Morgan fingerprint density at radius 1 is 1.06 bits per heavy atom. The Hall–Kier alpha value is 0.0800. The molecule has 0 aromatic heterocycles. The van der Waals surface area contributed by atoms with Gasteiger partial charge in [0.1, 0.15) is 5.75 Å². The highest BCUT2D eigenvalue weighted by atomic mass is 79.9. The van der Waals surface area contributed by atoms with Crippen LogP contribution in [-0.2, 0) is 0 Å². The summed E-state index contributed by atoms with van der Waals surface area (Å²) in [6.45, 7) is 0.712. The van der Waals surface area contributed by atoms with Crippen molar-refractivity contribution in [1.29, 1.82) is 0 Å². The van der Waals surface area contributed by atoms with Crippen molar-refractivity contribution in [3.05, 3.63) is 28.2 Å². The SMILES string of the molecule is Clc1ccc(OCCCCCCBr)c(Cl)c1. The molecule has 0 N–H and O–H groups in total. The highest BCUT2D eigenvalue weighted by Crippen LogP contribution is 2.27. The maximum absolute atomic E-state index is 5.98. The van der Waals surface area contributed by atoms with Gasteiger partial charge in [-0.25, -0.2) is 0 Å². The van der Waals surface area contributed by atoms with E-state index in [1.165, 1.54) is 19.3 Å². The Labute approximate surface area is 115 Å². The third-order valence-corrected chi connectivity index (χ3v) is 3.27. The quantitative estimate of drug-likeness (QED) is 0.486. The Morgan fingerprint density at radius 2 is 1.81 bits per heavy atom. The van der Waals surface area contributed by atoms with Crippen LogP contribution >= 0.6 is 39.1 Å². The van der Waals surface area contributed by atoms with Gasteiger partial charge < -0.3 is 4.74 Å². The van der Waals surface area contributed by atoms with Crippen LogP contribution in [0.3, 0.4) is 0 Å². The van der Waals surface area contributed by atoms with E-state index in [1.54, 1.807) is 12.1 Å². The lowest BCUT2D eigenvalue weighted by Crippen LogP contribution is -1.97. The molecular formula is C12H15BrCl2O. The van der Waals surface area contributed by atoms with E-state index in [4.69, 9.17) is 27.9 Å². The molecule has 0 spiro atoms. The molecule has 16 heavy (non-hydrogen) atoms. The fourth-order valence-electron chi connectivity index (χ4n) is 1.32. The van der Waals surface area contributed by atoms with Crippen molar-refractivity contribution in [3.63, 3.8) is 0 Å². The topological polar surface area (TPSA) is 9.23 Å². The van der Waals surface area contributed by atoms with Gasteiger partial charge in [0, 0.05) is 10.4 Å². The smallest absolute Gasteiger partial charge is 0.137 e. The fraction of sp³-hybridized carbons (Fsp3) is 0.500. The Morgan fingerprint density at radius 3 is 2.50 bits per heavy atom. The molecule has 1 aromatic carbocycles. The van der Waals surface area contributed by atoms with Crippen LogP contribution in [0.4, 0.5) is 0 Å². The maximum atomic E-state index is 5.98. The van der Waals surface area contributed by atoms with Crippen LogP contribution in [0.25, 0.3) is 0 Å². The summed E-state index contributed by atoms with van der Waals surface area (Å²) in [5, 5.41) is 2.29. The van der Waals surface area contributed by atoms with Crippen molar-refractivity contribution in [2.75, 3.05) is 11.9 Å². The van der Waals surface area contributed by atoms with E-state index >= 15 is 0 Å². The van der Waals surface area contributed by atoms with Crippen molar-refractivity contribution < 1.29 is 4.74 Å². The molecule has 0 aliphatic rings. The van der Waals surface area contributed by atoms with E-state index in [9.17, 15) is 0 Å². The van der Waals surface area contributed by atoms with Gasteiger partial charge in [-0.1, -0.05) is 52.0 Å². The molecule has 0 radical (unpaired) electrons. The summed E-state index contributed by atoms with van der Waals surface area (Å²) in [5.41, 5.74) is 0. The molecule has 1 rings (SSSR count). The van der Waals surface area contributed by atoms with Gasteiger partial charge in [-0.05, 0) is 31.0 Å².